The second-order valence-electron chi connectivity index (χ2n) is 2.86. The van der Waals surface area contributed by atoms with Gasteiger partial charge in [-0.25, -0.2) is 4.79 Å². The Hall–Kier alpha value is -1.42. The van der Waals surface area contributed by atoms with Crippen molar-refractivity contribution >= 4 is 11.8 Å². The summed E-state index contributed by atoms with van der Waals surface area (Å²) in [5, 5.41) is 17.3. The lowest BCUT2D eigenvalue weighted by Crippen LogP contribution is -2.23. The molecule has 2 unspecified atom stereocenters. The van der Waals surface area contributed by atoms with Gasteiger partial charge >= 0.3 is 5.97 Å². The lowest BCUT2D eigenvalue weighted by atomic mass is 9.93. The molecule has 70 valence electrons. The predicted octanol–water partition coefficient (Wildman–Crippen LogP) is 0.133. The van der Waals surface area contributed by atoms with Crippen molar-refractivity contribution in [2.24, 2.45) is 5.92 Å². The number of hydrogen-bond acceptors (Lipinski definition) is 3. The van der Waals surface area contributed by atoms with Gasteiger partial charge in [-0.05, 0) is 0 Å². The largest absolute Gasteiger partial charge is 0.478 e. The van der Waals surface area contributed by atoms with Crippen LogP contribution in [-0.4, -0.2) is 28.1 Å². The van der Waals surface area contributed by atoms with E-state index in [9.17, 15) is 9.59 Å². The Balaban J connectivity index is 2.60. The first kappa shape index (κ1) is 9.67. The molecule has 13 heavy (non-hydrogen) atoms. The summed E-state index contributed by atoms with van der Waals surface area (Å²) in [6.45, 7) is 0. The van der Waals surface area contributed by atoms with Gasteiger partial charge in [0.05, 0.1) is 0 Å². The molecule has 4 nitrogen and oxygen atoms in total. The van der Waals surface area contributed by atoms with Gasteiger partial charge in [-0.3, -0.25) is 4.79 Å². The van der Waals surface area contributed by atoms with Crippen LogP contribution in [0, 0.1) is 5.92 Å². The van der Waals surface area contributed by atoms with Crippen molar-refractivity contribution in [3.05, 3.63) is 24.3 Å². The molecule has 0 radical (unpaired) electrons. The van der Waals surface area contributed by atoms with Crippen molar-refractivity contribution in [1.82, 2.24) is 0 Å². The zero-order valence-electron chi connectivity index (χ0n) is 6.88. The van der Waals surface area contributed by atoms with E-state index in [1.165, 1.54) is 12.2 Å². The maximum atomic E-state index is 11.0. The molecule has 0 saturated heterocycles. The lowest BCUT2D eigenvalue weighted by Gasteiger charge is -2.14. The molecule has 2 atom stereocenters. The first-order valence-corrected chi connectivity index (χ1v) is 3.90. The third kappa shape index (κ3) is 2.83. The highest BCUT2D eigenvalue weighted by Crippen LogP contribution is 2.15. The number of allylic oxidation sites excluding steroid dienone is 2. The van der Waals surface area contributed by atoms with Gasteiger partial charge in [0.15, 0.2) is 5.78 Å². The summed E-state index contributed by atoms with van der Waals surface area (Å²) in [6, 6.07) is 0. The minimum absolute atomic E-state index is 0.168. The number of ketones is 1. The summed E-state index contributed by atoms with van der Waals surface area (Å²) in [5.41, 5.74) is 0. The van der Waals surface area contributed by atoms with Crippen LogP contribution in [0.25, 0.3) is 0 Å². The fourth-order valence-electron chi connectivity index (χ4n) is 1.11. The van der Waals surface area contributed by atoms with Gasteiger partial charge < -0.3 is 10.2 Å². The average molecular weight is 182 g/mol. The fourth-order valence-corrected chi connectivity index (χ4v) is 1.11. The molecule has 0 heterocycles. The molecular weight excluding hydrogens is 172 g/mol. The number of aliphatic hydroxyl groups excluding tert-OH is 1. The number of rotatable bonds is 2. The normalized spacial score (nSPS) is 28.2. The van der Waals surface area contributed by atoms with Crippen molar-refractivity contribution in [2.75, 3.05) is 0 Å². The third-order valence-electron chi connectivity index (χ3n) is 1.79. The Kier molecular flexibility index (Phi) is 2.97. The molecule has 0 bridgehead atoms. The number of hydrogen-bond donors (Lipinski definition) is 2. The van der Waals surface area contributed by atoms with Gasteiger partial charge in [0.2, 0.25) is 0 Å². The number of carbonyl (C=O) groups is 2. The molecule has 4 heteroatoms. The molecule has 0 saturated carbocycles. The number of aliphatic carboxylic acids is 1. The number of aliphatic hydroxyl groups is 1. The molecule has 0 aromatic rings. The first-order chi connectivity index (χ1) is 6.09. The number of carbonyl (C=O) groups excluding carboxylic acids is 1. The Morgan fingerprint density at radius 1 is 1.54 bits per heavy atom. The lowest BCUT2D eigenvalue weighted by molar-refractivity contribution is -0.131. The van der Waals surface area contributed by atoms with E-state index in [-0.39, 0.29) is 18.1 Å². The highest BCUT2D eigenvalue weighted by molar-refractivity contribution is 5.86. The van der Waals surface area contributed by atoms with Crippen molar-refractivity contribution in [3.8, 4) is 0 Å². The number of Topliss-reactive ketones (excluding diaryl/α,β-unsaturated/α-hetero) is 1. The van der Waals surface area contributed by atoms with Crippen molar-refractivity contribution in [2.45, 2.75) is 12.5 Å². The van der Waals surface area contributed by atoms with E-state index in [0.29, 0.717) is 0 Å². The van der Waals surface area contributed by atoms with Gasteiger partial charge in [-0.2, -0.15) is 0 Å². The van der Waals surface area contributed by atoms with Crippen molar-refractivity contribution in [3.63, 3.8) is 0 Å². The second kappa shape index (κ2) is 4.00. The van der Waals surface area contributed by atoms with E-state index in [2.05, 4.69) is 0 Å². The first-order valence-electron chi connectivity index (χ1n) is 3.90. The standard InChI is InChI=1S/C9H10O4/c10-7-3-1-6(5-8(7)11)2-4-9(12)13/h1-4,6-7,10H,5H2,(H,12,13). The van der Waals surface area contributed by atoms with Crippen LogP contribution in [0.3, 0.4) is 0 Å². The molecular formula is C9H10O4. The maximum Gasteiger partial charge on any atom is 0.327 e. The molecule has 0 aliphatic heterocycles. The van der Waals surface area contributed by atoms with E-state index in [4.69, 9.17) is 10.2 Å². The summed E-state index contributed by atoms with van der Waals surface area (Å²) in [6.07, 6.45) is 4.59. The second-order valence-corrected chi connectivity index (χ2v) is 2.86. The zero-order chi connectivity index (χ0) is 9.84. The zero-order valence-corrected chi connectivity index (χ0v) is 6.88. The number of carboxylic acids is 1. The van der Waals surface area contributed by atoms with E-state index in [1.54, 1.807) is 6.08 Å². The minimum atomic E-state index is -1.04. The highest BCUT2D eigenvalue weighted by atomic mass is 16.4. The van der Waals surface area contributed by atoms with Gasteiger partial charge in [-0.1, -0.05) is 18.2 Å². The van der Waals surface area contributed by atoms with Crippen molar-refractivity contribution in [1.29, 1.82) is 0 Å². The monoisotopic (exact) mass is 182 g/mol. The van der Waals surface area contributed by atoms with Crippen LogP contribution in [0.4, 0.5) is 0 Å². The average Bonchev–Trinajstić information content (AvgIpc) is 2.07. The van der Waals surface area contributed by atoms with Crippen LogP contribution < -0.4 is 0 Å². The summed E-state index contributed by atoms with van der Waals surface area (Å²) >= 11 is 0. The molecule has 1 aliphatic carbocycles. The van der Waals surface area contributed by atoms with E-state index >= 15 is 0 Å². The molecule has 1 rings (SSSR count). The predicted molar refractivity (Wildman–Crippen MR) is 45.0 cm³/mol. The Bertz CT molecular complexity index is 277. The van der Waals surface area contributed by atoms with Gasteiger partial charge in [0, 0.05) is 18.4 Å². The molecule has 0 aromatic heterocycles. The quantitative estimate of drug-likeness (QED) is 0.470. The summed E-state index contributed by atoms with van der Waals surface area (Å²) in [4.78, 5) is 21.1. The van der Waals surface area contributed by atoms with Crippen molar-refractivity contribution < 1.29 is 19.8 Å². The molecule has 1 aliphatic rings. The SMILES string of the molecule is O=C(O)C=CC1C=CC(O)C(=O)C1. The van der Waals surface area contributed by atoms with Crippen LogP contribution in [0.1, 0.15) is 6.42 Å². The van der Waals surface area contributed by atoms with Crippen LogP contribution in [0.5, 0.6) is 0 Å². The fraction of sp³-hybridized carbons (Fsp3) is 0.333. The molecule has 2 N–H and O–H groups in total. The Morgan fingerprint density at radius 3 is 2.77 bits per heavy atom. The highest BCUT2D eigenvalue weighted by Gasteiger charge is 2.19. The van der Waals surface area contributed by atoms with Gasteiger partial charge in [-0.15, -0.1) is 0 Å². The molecule has 0 fully saturated rings. The summed E-state index contributed by atoms with van der Waals surface area (Å²) in [7, 11) is 0. The minimum Gasteiger partial charge on any atom is -0.478 e. The molecule has 0 aromatic carbocycles. The Morgan fingerprint density at radius 2 is 2.23 bits per heavy atom. The summed E-state index contributed by atoms with van der Waals surface area (Å²) in [5.74, 6) is -1.51. The van der Waals surface area contributed by atoms with E-state index in [1.807, 2.05) is 0 Å². The van der Waals surface area contributed by atoms with E-state index in [0.717, 1.165) is 6.08 Å². The van der Waals surface area contributed by atoms with Crippen LogP contribution in [0.2, 0.25) is 0 Å². The van der Waals surface area contributed by atoms with Crippen LogP contribution >= 0.6 is 0 Å². The number of carboxylic acid groups (broad SMARTS) is 1. The van der Waals surface area contributed by atoms with E-state index < -0.39 is 12.1 Å². The molecule has 0 amide bonds. The van der Waals surface area contributed by atoms with Gasteiger partial charge in [0.25, 0.3) is 0 Å². The topological polar surface area (TPSA) is 74.6 Å². The molecule has 0 spiro atoms. The third-order valence-corrected chi connectivity index (χ3v) is 1.79. The smallest absolute Gasteiger partial charge is 0.327 e. The van der Waals surface area contributed by atoms with Crippen LogP contribution in [-0.2, 0) is 9.59 Å². The summed E-state index contributed by atoms with van der Waals surface area (Å²) < 4.78 is 0. The van der Waals surface area contributed by atoms with Gasteiger partial charge in [0.1, 0.15) is 6.10 Å². The maximum absolute atomic E-state index is 11.0. The van der Waals surface area contributed by atoms with Crippen LogP contribution in [0.15, 0.2) is 24.3 Å². The Labute approximate surface area is 75.2 Å².